The first-order valence-electron chi connectivity index (χ1n) is 13.8. The summed E-state index contributed by atoms with van der Waals surface area (Å²) in [6, 6.07) is 0. The third kappa shape index (κ3) is 2.81. The number of carbonyl (C=O) groups is 2. The average Bonchev–Trinajstić information content (AvgIpc) is 2.73. The van der Waals surface area contributed by atoms with Crippen LogP contribution in [-0.2, 0) is 9.59 Å². The van der Waals surface area contributed by atoms with Crippen molar-refractivity contribution in [3.05, 3.63) is 11.6 Å². The molecule has 5 rings (SSSR count). The van der Waals surface area contributed by atoms with Gasteiger partial charge in [-0.25, -0.2) is 0 Å². The van der Waals surface area contributed by atoms with Crippen molar-refractivity contribution in [1.82, 2.24) is 0 Å². The van der Waals surface area contributed by atoms with Gasteiger partial charge in [0.25, 0.3) is 0 Å². The van der Waals surface area contributed by atoms with Gasteiger partial charge < -0.3 is 10.8 Å². The molecule has 1 unspecified atom stereocenters. The van der Waals surface area contributed by atoms with Gasteiger partial charge in [0.1, 0.15) is 0 Å². The summed E-state index contributed by atoms with van der Waals surface area (Å²) >= 11 is 0. The Morgan fingerprint density at radius 3 is 2.24 bits per heavy atom. The van der Waals surface area contributed by atoms with Crippen molar-refractivity contribution < 1.29 is 14.7 Å². The van der Waals surface area contributed by atoms with Crippen molar-refractivity contribution in [2.45, 2.75) is 112 Å². The molecule has 3 N–H and O–H groups in total. The van der Waals surface area contributed by atoms with Crippen LogP contribution < -0.4 is 5.73 Å². The molecule has 0 aliphatic heterocycles. The standard InChI is InChI=1S/C30H47NO3/c1-25(2)21-8-11-30(7)23(28(21,5)10-9-22(25)33)20(32)16-18-19-17-27(4,24(31)34)13-12-26(19,3)14-15-29(18,30)6/h16,19,21-23,33H,8-15,17H2,1-7H3,(H2,31,34)/t19-,21-,22-,23?,26+,27-,28-,29+,30+/m0/s1. The zero-order valence-electron chi connectivity index (χ0n) is 22.6. The molecule has 0 saturated heterocycles. The highest BCUT2D eigenvalue weighted by molar-refractivity contribution is 5.95. The van der Waals surface area contributed by atoms with Crippen molar-refractivity contribution in [1.29, 1.82) is 0 Å². The normalized spacial score (nSPS) is 54.1. The second-order valence-corrected chi connectivity index (χ2v) is 15.0. The van der Waals surface area contributed by atoms with Crippen molar-refractivity contribution in [2.75, 3.05) is 0 Å². The fourth-order valence-corrected chi connectivity index (χ4v) is 10.4. The summed E-state index contributed by atoms with van der Waals surface area (Å²) in [5.41, 5.74) is 6.49. The molecule has 0 aromatic rings. The van der Waals surface area contributed by atoms with Crippen LogP contribution in [-0.4, -0.2) is 22.9 Å². The van der Waals surface area contributed by atoms with E-state index in [1.54, 1.807) is 0 Å². The summed E-state index contributed by atoms with van der Waals surface area (Å²) < 4.78 is 0. The third-order valence-corrected chi connectivity index (χ3v) is 13.1. The number of ketones is 1. The summed E-state index contributed by atoms with van der Waals surface area (Å²) in [6.45, 7) is 16.1. The topological polar surface area (TPSA) is 80.4 Å². The van der Waals surface area contributed by atoms with Gasteiger partial charge in [0.2, 0.25) is 5.91 Å². The largest absolute Gasteiger partial charge is 0.393 e. The van der Waals surface area contributed by atoms with Gasteiger partial charge in [-0.2, -0.15) is 0 Å². The van der Waals surface area contributed by atoms with E-state index in [1.807, 2.05) is 6.92 Å². The average molecular weight is 470 g/mol. The number of rotatable bonds is 1. The second kappa shape index (κ2) is 6.99. The Hall–Kier alpha value is -1.16. The Bertz CT molecular complexity index is 968. The van der Waals surface area contributed by atoms with Crippen LogP contribution >= 0.6 is 0 Å². The lowest BCUT2D eigenvalue weighted by atomic mass is 9.33. The number of hydrogen-bond donors (Lipinski definition) is 2. The zero-order valence-corrected chi connectivity index (χ0v) is 22.6. The van der Waals surface area contributed by atoms with E-state index in [1.165, 1.54) is 5.57 Å². The number of aliphatic hydroxyl groups excluding tert-OH is 1. The predicted octanol–water partition coefficient (Wildman–Crippen LogP) is 5.81. The highest BCUT2D eigenvalue weighted by Crippen LogP contribution is 2.75. The molecular weight excluding hydrogens is 422 g/mol. The predicted molar refractivity (Wildman–Crippen MR) is 135 cm³/mol. The van der Waals surface area contributed by atoms with Crippen molar-refractivity contribution in [2.24, 2.45) is 56.0 Å². The molecule has 0 heterocycles. The minimum atomic E-state index is -0.489. The number of primary amides is 1. The molecule has 4 fully saturated rings. The summed E-state index contributed by atoms with van der Waals surface area (Å²) in [5, 5.41) is 10.9. The Morgan fingerprint density at radius 2 is 1.59 bits per heavy atom. The lowest BCUT2D eigenvalue weighted by Crippen LogP contribution is -2.66. The van der Waals surface area contributed by atoms with Crippen molar-refractivity contribution >= 4 is 11.7 Å². The Kier molecular flexibility index (Phi) is 5.04. The van der Waals surface area contributed by atoms with Crippen LogP contribution in [0.5, 0.6) is 0 Å². The number of aliphatic hydroxyl groups is 1. The first kappa shape index (κ1) is 24.5. The van der Waals surface area contributed by atoms with E-state index in [2.05, 4.69) is 47.6 Å². The molecule has 1 amide bonds. The quantitative estimate of drug-likeness (QED) is 0.508. The Morgan fingerprint density at radius 1 is 0.941 bits per heavy atom. The van der Waals surface area contributed by atoms with Crippen LogP contribution in [0.4, 0.5) is 0 Å². The van der Waals surface area contributed by atoms with Crippen LogP contribution in [0.3, 0.4) is 0 Å². The van der Waals surface area contributed by atoms with Gasteiger partial charge in [-0.3, -0.25) is 9.59 Å². The number of fused-ring (bicyclic) bond motifs is 7. The van der Waals surface area contributed by atoms with Crippen LogP contribution in [0, 0.1) is 50.2 Å². The molecule has 4 heteroatoms. The number of allylic oxidation sites excluding steroid dienone is 2. The summed E-state index contributed by atoms with van der Waals surface area (Å²) in [7, 11) is 0. The number of amides is 1. The minimum Gasteiger partial charge on any atom is -0.393 e. The molecule has 0 aromatic carbocycles. The molecule has 34 heavy (non-hydrogen) atoms. The van der Waals surface area contributed by atoms with E-state index in [0.29, 0.717) is 11.7 Å². The van der Waals surface area contributed by atoms with E-state index < -0.39 is 5.41 Å². The lowest BCUT2D eigenvalue weighted by molar-refractivity contribution is -0.202. The molecule has 0 bridgehead atoms. The fourth-order valence-electron chi connectivity index (χ4n) is 10.4. The minimum absolute atomic E-state index is 0.00487. The highest BCUT2D eigenvalue weighted by Gasteiger charge is 2.70. The highest BCUT2D eigenvalue weighted by atomic mass is 16.3. The van der Waals surface area contributed by atoms with Crippen LogP contribution in [0.25, 0.3) is 0 Å². The van der Waals surface area contributed by atoms with Crippen LogP contribution in [0.2, 0.25) is 0 Å². The molecule has 0 spiro atoms. The Labute approximate surface area is 206 Å². The SMILES string of the molecule is CC1(C)[C@@H](O)CC[C@]2(C)C3C(=O)C=C4[C@@H]5C[C@@](C)(C(N)=O)CC[C@]5(C)CC[C@@]4(C)[C@]3(C)CC[C@@H]12. The molecule has 4 nitrogen and oxygen atoms in total. The van der Waals surface area contributed by atoms with E-state index in [-0.39, 0.29) is 50.9 Å². The fraction of sp³-hybridized carbons (Fsp3) is 0.867. The van der Waals surface area contributed by atoms with E-state index in [0.717, 1.165) is 57.8 Å². The molecular formula is C30H47NO3. The lowest BCUT2D eigenvalue weighted by Gasteiger charge is -2.70. The van der Waals surface area contributed by atoms with Crippen LogP contribution in [0.15, 0.2) is 11.6 Å². The van der Waals surface area contributed by atoms with Crippen molar-refractivity contribution in [3.63, 3.8) is 0 Å². The molecule has 190 valence electrons. The van der Waals surface area contributed by atoms with Gasteiger partial charge in [0, 0.05) is 11.3 Å². The van der Waals surface area contributed by atoms with Crippen LogP contribution in [0.1, 0.15) is 106 Å². The molecule has 9 atom stereocenters. The maximum absolute atomic E-state index is 14.2. The second-order valence-electron chi connectivity index (χ2n) is 15.0. The zero-order chi connectivity index (χ0) is 25.1. The van der Waals surface area contributed by atoms with E-state index in [9.17, 15) is 14.7 Å². The smallest absolute Gasteiger partial charge is 0.223 e. The van der Waals surface area contributed by atoms with Crippen molar-refractivity contribution in [3.8, 4) is 0 Å². The summed E-state index contributed by atoms with van der Waals surface area (Å²) in [4.78, 5) is 26.7. The molecule has 0 aromatic heterocycles. The summed E-state index contributed by atoms with van der Waals surface area (Å²) in [6.07, 6.45) is 10.5. The van der Waals surface area contributed by atoms with Gasteiger partial charge >= 0.3 is 0 Å². The number of carbonyl (C=O) groups excluding carboxylic acids is 2. The first-order valence-corrected chi connectivity index (χ1v) is 13.8. The first-order chi connectivity index (χ1) is 15.6. The van der Waals surface area contributed by atoms with Gasteiger partial charge in [0.05, 0.1) is 6.10 Å². The van der Waals surface area contributed by atoms with Gasteiger partial charge in [0.15, 0.2) is 5.78 Å². The monoisotopic (exact) mass is 469 g/mol. The van der Waals surface area contributed by atoms with E-state index >= 15 is 0 Å². The molecule has 5 aliphatic rings. The third-order valence-electron chi connectivity index (χ3n) is 13.1. The maximum Gasteiger partial charge on any atom is 0.223 e. The number of nitrogens with two attached hydrogens (primary N) is 1. The van der Waals surface area contributed by atoms with E-state index in [4.69, 9.17) is 5.73 Å². The number of hydrogen-bond acceptors (Lipinski definition) is 3. The summed E-state index contributed by atoms with van der Waals surface area (Å²) in [5.74, 6) is 0.713. The van der Waals surface area contributed by atoms with Gasteiger partial charge in [-0.15, -0.1) is 0 Å². The maximum atomic E-state index is 14.2. The molecule has 4 saturated carbocycles. The van der Waals surface area contributed by atoms with Gasteiger partial charge in [-0.05, 0) is 103 Å². The van der Waals surface area contributed by atoms with Gasteiger partial charge in [-0.1, -0.05) is 54.0 Å². The molecule has 5 aliphatic carbocycles. The Balaban J connectivity index is 1.62. The molecule has 0 radical (unpaired) electrons.